The Kier molecular flexibility index (Phi) is 5.26. The molecule has 1 atom stereocenters. The minimum absolute atomic E-state index is 0.207. The maximum atomic E-state index is 6.22. The lowest BCUT2D eigenvalue weighted by Gasteiger charge is -2.34. The van der Waals surface area contributed by atoms with Gasteiger partial charge < -0.3 is 5.73 Å². The van der Waals surface area contributed by atoms with E-state index < -0.39 is 0 Å². The van der Waals surface area contributed by atoms with Crippen molar-refractivity contribution in [3.05, 3.63) is 34.9 Å². The molecule has 0 radical (unpaired) electrons. The predicted molar refractivity (Wildman–Crippen MR) is 70.8 cm³/mol. The van der Waals surface area contributed by atoms with Crippen LogP contribution < -0.4 is 5.73 Å². The third-order valence-corrected chi connectivity index (χ3v) is 3.26. The van der Waals surface area contributed by atoms with E-state index in [1.807, 2.05) is 18.2 Å². The molecule has 0 saturated heterocycles. The predicted octanol–water partition coefficient (Wildman–Crippen LogP) is 3.07. The first kappa shape index (κ1) is 13.5. The fraction of sp³-hybridized carbons (Fsp3) is 0.538. The van der Waals surface area contributed by atoms with E-state index in [4.69, 9.17) is 17.3 Å². The molecule has 0 amide bonds. The standard InChI is InChI=1S/C13H21ClN2/c1-4-16(10(2)3)13(9-15)11-7-5-6-8-12(11)14/h5-8,10,13H,4,9,15H2,1-3H3. The second kappa shape index (κ2) is 6.24. The third kappa shape index (κ3) is 2.97. The summed E-state index contributed by atoms with van der Waals surface area (Å²) in [7, 11) is 0. The molecule has 90 valence electrons. The number of nitrogens with two attached hydrogens (primary N) is 1. The topological polar surface area (TPSA) is 29.3 Å². The first-order valence-corrected chi connectivity index (χ1v) is 6.19. The molecule has 3 heteroatoms. The van der Waals surface area contributed by atoms with E-state index in [9.17, 15) is 0 Å². The van der Waals surface area contributed by atoms with E-state index in [2.05, 4.69) is 31.7 Å². The minimum Gasteiger partial charge on any atom is -0.329 e. The van der Waals surface area contributed by atoms with Crippen LogP contribution in [0.2, 0.25) is 5.02 Å². The first-order valence-electron chi connectivity index (χ1n) is 5.82. The van der Waals surface area contributed by atoms with Crippen LogP contribution in [0.5, 0.6) is 0 Å². The van der Waals surface area contributed by atoms with Crippen LogP contribution in [0.25, 0.3) is 0 Å². The molecule has 2 N–H and O–H groups in total. The van der Waals surface area contributed by atoms with Crippen LogP contribution in [0.4, 0.5) is 0 Å². The molecule has 2 nitrogen and oxygen atoms in total. The van der Waals surface area contributed by atoms with Crippen LogP contribution in [0.15, 0.2) is 24.3 Å². The van der Waals surface area contributed by atoms with E-state index in [0.717, 1.165) is 17.1 Å². The largest absolute Gasteiger partial charge is 0.329 e. The molecule has 0 bridgehead atoms. The van der Waals surface area contributed by atoms with Gasteiger partial charge in [0.15, 0.2) is 0 Å². The Bertz CT molecular complexity index is 325. The zero-order valence-corrected chi connectivity index (χ0v) is 11.0. The number of likely N-dealkylation sites (N-methyl/N-ethyl adjacent to an activating group) is 1. The van der Waals surface area contributed by atoms with E-state index in [1.165, 1.54) is 0 Å². The Morgan fingerprint density at radius 2 is 1.94 bits per heavy atom. The lowest BCUT2D eigenvalue weighted by atomic mass is 10.0. The quantitative estimate of drug-likeness (QED) is 0.857. The SMILES string of the molecule is CCN(C(C)C)C(CN)c1ccccc1Cl. The van der Waals surface area contributed by atoms with E-state index in [0.29, 0.717) is 12.6 Å². The molecule has 0 spiro atoms. The molecule has 0 aliphatic rings. The summed E-state index contributed by atoms with van der Waals surface area (Å²) in [5.41, 5.74) is 7.01. The van der Waals surface area contributed by atoms with Crippen molar-refractivity contribution in [2.24, 2.45) is 5.73 Å². The summed E-state index contributed by atoms with van der Waals surface area (Å²) in [6.45, 7) is 8.09. The first-order chi connectivity index (χ1) is 7.61. The fourth-order valence-corrected chi connectivity index (χ4v) is 2.39. The van der Waals surface area contributed by atoms with Crippen molar-refractivity contribution in [1.29, 1.82) is 0 Å². The highest BCUT2D eigenvalue weighted by Gasteiger charge is 2.21. The Balaban J connectivity index is 3.02. The average Bonchev–Trinajstić information content (AvgIpc) is 2.26. The fourth-order valence-electron chi connectivity index (χ4n) is 2.13. The molecule has 0 saturated carbocycles. The molecule has 1 unspecified atom stereocenters. The van der Waals surface area contributed by atoms with Crippen molar-refractivity contribution in [3.8, 4) is 0 Å². The van der Waals surface area contributed by atoms with Crippen molar-refractivity contribution in [3.63, 3.8) is 0 Å². The zero-order chi connectivity index (χ0) is 12.1. The Morgan fingerprint density at radius 1 is 1.31 bits per heavy atom. The molecule has 1 aromatic rings. The Labute approximate surface area is 103 Å². The monoisotopic (exact) mass is 240 g/mol. The smallest absolute Gasteiger partial charge is 0.0487 e. The third-order valence-electron chi connectivity index (χ3n) is 2.92. The number of halogens is 1. The molecular weight excluding hydrogens is 220 g/mol. The normalized spacial score (nSPS) is 13.4. The molecule has 0 aromatic heterocycles. The lowest BCUT2D eigenvalue weighted by Crippen LogP contribution is -2.38. The van der Waals surface area contributed by atoms with E-state index >= 15 is 0 Å². The van der Waals surface area contributed by atoms with Gasteiger partial charge in [0, 0.05) is 23.7 Å². The molecule has 0 fully saturated rings. The summed E-state index contributed by atoms with van der Waals surface area (Å²) >= 11 is 6.22. The molecule has 1 aromatic carbocycles. The molecule has 1 rings (SSSR count). The average molecular weight is 241 g/mol. The van der Waals surface area contributed by atoms with Crippen LogP contribution in [-0.2, 0) is 0 Å². The number of hydrogen-bond donors (Lipinski definition) is 1. The number of hydrogen-bond acceptors (Lipinski definition) is 2. The molecule has 0 aliphatic heterocycles. The summed E-state index contributed by atoms with van der Waals surface area (Å²) in [5.74, 6) is 0. The summed E-state index contributed by atoms with van der Waals surface area (Å²) in [4.78, 5) is 2.36. The van der Waals surface area contributed by atoms with Gasteiger partial charge in [-0.1, -0.05) is 36.7 Å². The van der Waals surface area contributed by atoms with Crippen LogP contribution in [0.3, 0.4) is 0 Å². The lowest BCUT2D eigenvalue weighted by molar-refractivity contribution is 0.166. The second-order valence-electron chi connectivity index (χ2n) is 4.20. The van der Waals surface area contributed by atoms with E-state index in [1.54, 1.807) is 0 Å². The van der Waals surface area contributed by atoms with Crippen molar-refractivity contribution < 1.29 is 0 Å². The number of benzene rings is 1. The highest BCUT2D eigenvalue weighted by Crippen LogP contribution is 2.27. The van der Waals surface area contributed by atoms with Crippen molar-refractivity contribution in [2.75, 3.05) is 13.1 Å². The van der Waals surface area contributed by atoms with Gasteiger partial charge in [0.1, 0.15) is 0 Å². The van der Waals surface area contributed by atoms with Gasteiger partial charge in [-0.3, -0.25) is 4.90 Å². The van der Waals surface area contributed by atoms with Gasteiger partial charge in [-0.2, -0.15) is 0 Å². The zero-order valence-electron chi connectivity index (χ0n) is 10.3. The Morgan fingerprint density at radius 3 is 2.38 bits per heavy atom. The van der Waals surface area contributed by atoms with Gasteiger partial charge in [-0.15, -0.1) is 0 Å². The van der Waals surface area contributed by atoms with Crippen molar-refractivity contribution >= 4 is 11.6 Å². The molecule has 0 heterocycles. The highest BCUT2D eigenvalue weighted by atomic mass is 35.5. The van der Waals surface area contributed by atoms with Gasteiger partial charge >= 0.3 is 0 Å². The molecule has 16 heavy (non-hydrogen) atoms. The van der Waals surface area contributed by atoms with Crippen LogP contribution in [-0.4, -0.2) is 24.0 Å². The second-order valence-corrected chi connectivity index (χ2v) is 4.60. The summed E-state index contributed by atoms with van der Waals surface area (Å²) < 4.78 is 0. The van der Waals surface area contributed by atoms with E-state index in [-0.39, 0.29) is 6.04 Å². The summed E-state index contributed by atoms with van der Waals surface area (Å²) in [6, 6.07) is 8.62. The summed E-state index contributed by atoms with van der Waals surface area (Å²) in [6.07, 6.45) is 0. The molecule has 0 aliphatic carbocycles. The maximum Gasteiger partial charge on any atom is 0.0487 e. The van der Waals surface area contributed by atoms with Gasteiger partial charge in [-0.05, 0) is 32.0 Å². The Hall–Kier alpha value is -0.570. The number of rotatable bonds is 5. The van der Waals surface area contributed by atoms with Gasteiger partial charge in [0.2, 0.25) is 0 Å². The van der Waals surface area contributed by atoms with Crippen LogP contribution >= 0.6 is 11.6 Å². The minimum atomic E-state index is 0.207. The number of nitrogens with zero attached hydrogens (tertiary/aromatic N) is 1. The molecular formula is C13H21ClN2. The highest BCUT2D eigenvalue weighted by molar-refractivity contribution is 6.31. The van der Waals surface area contributed by atoms with Crippen molar-refractivity contribution in [1.82, 2.24) is 4.90 Å². The van der Waals surface area contributed by atoms with Crippen LogP contribution in [0, 0.1) is 0 Å². The van der Waals surface area contributed by atoms with Crippen molar-refractivity contribution in [2.45, 2.75) is 32.9 Å². The van der Waals surface area contributed by atoms with Crippen LogP contribution in [0.1, 0.15) is 32.4 Å². The maximum absolute atomic E-state index is 6.22. The van der Waals surface area contributed by atoms with Gasteiger partial charge in [0.25, 0.3) is 0 Å². The van der Waals surface area contributed by atoms with Gasteiger partial charge in [-0.25, -0.2) is 0 Å². The summed E-state index contributed by atoms with van der Waals surface area (Å²) in [5, 5.41) is 0.803. The van der Waals surface area contributed by atoms with Gasteiger partial charge in [0.05, 0.1) is 0 Å².